The molecule has 0 saturated heterocycles. The lowest BCUT2D eigenvalue weighted by Crippen LogP contribution is -2.35. The smallest absolute Gasteiger partial charge is 0.253 e. The van der Waals surface area contributed by atoms with Crippen molar-refractivity contribution in [1.82, 2.24) is 30.1 Å². The normalized spacial score (nSPS) is 12.4. The molecule has 0 fully saturated rings. The Morgan fingerprint density at radius 2 is 1.94 bits per heavy atom. The lowest BCUT2D eigenvalue weighted by atomic mass is 10.0. The van der Waals surface area contributed by atoms with Gasteiger partial charge in [0.25, 0.3) is 5.56 Å². The standard InChI is InChI=1S/C24H28N6O3/c1-4-29(16-17-8-6-5-7-9-17)22(23-26-27-28-30(23)12-13-32-2)20-15-18-14-19(33-3)10-11-21(18)25-24(20)31/h5-11,14-15,22H,4,12-13,16H2,1-3H3,(H,25,31)/t22-/m0/s1. The third-order valence-corrected chi connectivity index (χ3v) is 5.69. The summed E-state index contributed by atoms with van der Waals surface area (Å²) in [5, 5.41) is 13.3. The Morgan fingerprint density at radius 1 is 1.12 bits per heavy atom. The van der Waals surface area contributed by atoms with Crippen molar-refractivity contribution in [1.29, 1.82) is 0 Å². The van der Waals surface area contributed by atoms with Crippen LogP contribution in [0.5, 0.6) is 5.75 Å². The maximum absolute atomic E-state index is 13.3. The van der Waals surface area contributed by atoms with Crippen LogP contribution >= 0.6 is 0 Å². The summed E-state index contributed by atoms with van der Waals surface area (Å²) in [4.78, 5) is 18.5. The van der Waals surface area contributed by atoms with E-state index in [9.17, 15) is 4.79 Å². The first kappa shape index (κ1) is 22.6. The summed E-state index contributed by atoms with van der Waals surface area (Å²) >= 11 is 0. The van der Waals surface area contributed by atoms with E-state index in [2.05, 4.69) is 44.5 Å². The van der Waals surface area contributed by atoms with Crippen LogP contribution in [0.15, 0.2) is 59.4 Å². The molecule has 4 aromatic rings. The van der Waals surface area contributed by atoms with Gasteiger partial charge in [-0.15, -0.1) is 5.10 Å². The van der Waals surface area contributed by atoms with E-state index in [1.807, 2.05) is 42.5 Å². The number of hydrogen-bond donors (Lipinski definition) is 1. The Morgan fingerprint density at radius 3 is 2.67 bits per heavy atom. The Balaban J connectivity index is 1.86. The van der Waals surface area contributed by atoms with E-state index in [0.29, 0.717) is 37.6 Å². The SMILES string of the molecule is CCN(Cc1ccccc1)[C@@H](c1cc2cc(OC)ccc2[nH]c1=O)c1nnnn1CCOC. The highest BCUT2D eigenvalue weighted by Crippen LogP contribution is 2.29. The fraction of sp³-hybridized carbons (Fsp3) is 0.333. The van der Waals surface area contributed by atoms with Crippen LogP contribution in [0.25, 0.3) is 10.9 Å². The predicted molar refractivity (Wildman–Crippen MR) is 125 cm³/mol. The average molecular weight is 449 g/mol. The van der Waals surface area contributed by atoms with Gasteiger partial charge in [0, 0.05) is 30.1 Å². The zero-order chi connectivity index (χ0) is 23.2. The van der Waals surface area contributed by atoms with Gasteiger partial charge in [-0.3, -0.25) is 9.69 Å². The fourth-order valence-electron chi connectivity index (χ4n) is 3.98. The average Bonchev–Trinajstić information content (AvgIpc) is 3.30. The monoisotopic (exact) mass is 448 g/mol. The van der Waals surface area contributed by atoms with Gasteiger partial charge >= 0.3 is 0 Å². The van der Waals surface area contributed by atoms with Crippen molar-refractivity contribution >= 4 is 10.9 Å². The van der Waals surface area contributed by atoms with Crippen LogP contribution in [0.1, 0.15) is 29.9 Å². The summed E-state index contributed by atoms with van der Waals surface area (Å²) in [6.45, 7) is 4.33. The Labute approximate surface area is 191 Å². The molecule has 0 aliphatic carbocycles. The molecule has 2 aromatic heterocycles. The van der Waals surface area contributed by atoms with Gasteiger partial charge in [0.2, 0.25) is 0 Å². The zero-order valence-electron chi connectivity index (χ0n) is 19.1. The molecule has 0 aliphatic rings. The molecule has 9 heteroatoms. The quantitative estimate of drug-likeness (QED) is 0.398. The van der Waals surface area contributed by atoms with Crippen LogP contribution in [0.4, 0.5) is 0 Å². The molecule has 2 aromatic carbocycles. The van der Waals surface area contributed by atoms with Crippen molar-refractivity contribution in [3.63, 3.8) is 0 Å². The van der Waals surface area contributed by atoms with E-state index in [0.717, 1.165) is 22.2 Å². The molecule has 172 valence electrons. The van der Waals surface area contributed by atoms with E-state index < -0.39 is 6.04 Å². The molecular weight excluding hydrogens is 420 g/mol. The third kappa shape index (κ3) is 4.94. The van der Waals surface area contributed by atoms with Crippen LogP contribution in [-0.2, 0) is 17.8 Å². The number of hydrogen-bond acceptors (Lipinski definition) is 7. The van der Waals surface area contributed by atoms with E-state index >= 15 is 0 Å². The van der Waals surface area contributed by atoms with Crippen LogP contribution in [0.3, 0.4) is 0 Å². The number of H-pyrrole nitrogens is 1. The van der Waals surface area contributed by atoms with Crippen molar-refractivity contribution in [3.05, 3.63) is 81.9 Å². The molecule has 0 saturated carbocycles. The van der Waals surface area contributed by atoms with Gasteiger partial charge in [-0.25, -0.2) is 4.68 Å². The number of fused-ring (bicyclic) bond motifs is 1. The number of nitrogens with zero attached hydrogens (tertiary/aromatic N) is 5. The molecule has 0 spiro atoms. The Kier molecular flexibility index (Phi) is 7.11. The molecule has 0 bridgehead atoms. The molecule has 33 heavy (non-hydrogen) atoms. The van der Waals surface area contributed by atoms with Gasteiger partial charge in [0.1, 0.15) is 11.8 Å². The molecular formula is C24H28N6O3. The molecule has 0 amide bonds. The second kappa shape index (κ2) is 10.4. The van der Waals surface area contributed by atoms with E-state index in [1.165, 1.54) is 0 Å². The number of aromatic nitrogens is 5. The van der Waals surface area contributed by atoms with Gasteiger partial charge in [0.05, 0.1) is 20.3 Å². The molecule has 4 rings (SSSR count). The summed E-state index contributed by atoms with van der Waals surface area (Å²) in [5.74, 6) is 1.32. The lowest BCUT2D eigenvalue weighted by Gasteiger charge is -2.30. The number of nitrogens with one attached hydrogen (secondary N) is 1. The van der Waals surface area contributed by atoms with Crippen molar-refractivity contribution in [2.45, 2.75) is 26.1 Å². The molecule has 1 atom stereocenters. The number of rotatable bonds is 10. The van der Waals surface area contributed by atoms with Crippen LogP contribution < -0.4 is 10.3 Å². The first-order valence-electron chi connectivity index (χ1n) is 10.9. The van der Waals surface area contributed by atoms with E-state index in [-0.39, 0.29) is 5.56 Å². The number of benzene rings is 2. The largest absolute Gasteiger partial charge is 0.497 e. The first-order valence-corrected chi connectivity index (χ1v) is 10.9. The summed E-state index contributed by atoms with van der Waals surface area (Å²) < 4.78 is 12.3. The third-order valence-electron chi connectivity index (χ3n) is 5.69. The summed E-state index contributed by atoms with van der Waals surface area (Å²) in [7, 11) is 3.26. The molecule has 0 radical (unpaired) electrons. The minimum Gasteiger partial charge on any atom is -0.497 e. The van der Waals surface area contributed by atoms with E-state index in [1.54, 1.807) is 18.9 Å². The maximum Gasteiger partial charge on any atom is 0.253 e. The second-order valence-corrected chi connectivity index (χ2v) is 7.71. The number of aromatic amines is 1. The highest BCUT2D eigenvalue weighted by molar-refractivity contribution is 5.80. The fourth-order valence-corrected chi connectivity index (χ4v) is 3.98. The topological polar surface area (TPSA) is 98.2 Å². The maximum atomic E-state index is 13.3. The highest BCUT2D eigenvalue weighted by atomic mass is 16.5. The minimum atomic E-state index is -0.457. The zero-order valence-corrected chi connectivity index (χ0v) is 19.1. The highest BCUT2D eigenvalue weighted by Gasteiger charge is 2.30. The van der Waals surface area contributed by atoms with Crippen molar-refractivity contribution in [3.8, 4) is 5.75 Å². The van der Waals surface area contributed by atoms with Crippen LogP contribution in [0, 0.1) is 0 Å². The Hall–Kier alpha value is -3.56. The van der Waals surface area contributed by atoms with Crippen LogP contribution in [-0.4, -0.2) is 57.5 Å². The molecule has 0 unspecified atom stereocenters. The van der Waals surface area contributed by atoms with Crippen molar-refractivity contribution in [2.24, 2.45) is 0 Å². The van der Waals surface area contributed by atoms with Crippen molar-refractivity contribution < 1.29 is 9.47 Å². The van der Waals surface area contributed by atoms with Crippen molar-refractivity contribution in [2.75, 3.05) is 27.4 Å². The number of ether oxygens (including phenoxy) is 2. The molecule has 9 nitrogen and oxygen atoms in total. The van der Waals surface area contributed by atoms with E-state index in [4.69, 9.17) is 9.47 Å². The Bertz CT molecular complexity index is 1250. The van der Waals surface area contributed by atoms with Gasteiger partial charge in [-0.05, 0) is 46.8 Å². The number of methoxy groups -OCH3 is 2. The van der Waals surface area contributed by atoms with Gasteiger partial charge < -0.3 is 14.5 Å². The summed E-state index contributed by atoms with van der Waals surface area (Å²) in [6.07, 6.45) is 0. The van der Waals surface area contributed by atoms with Gasteiger partial charge in [-0.1, -0.05) is 37.3 Å². The predicted octanol–water partition coefficient (Wildman–Crippen LogP) is 2.78. The molecule has 2 heterocycles. The molecule has 1 N–H and O–H groups in total. The first-order chi connectivity index (χ1) is 16.1. The minimum absolute atomic E-state index is 0.175. The number of pyridine rings is 1. The molecule has 0 aliphatic heterocycles. The second-order valence-electron chi connectivity index (χ2n) is 7.71. The van der Waals surface area contributed by atoms with Gasteiger partial charge in [0.15, 0.2) is 5.82 Å². The summed E-state index contributed by atoms with van der Waals surface area (Å²) in [5.41, 5.74) is 2.28. The lowest BCUT2D eigenvalue weighted by molar-refractivity contribution is 0.174. The number of tetrazole rings is 1. The van der Waals surface area contributed by atoms with Gasteiger partial charge in [-0.2, -0.15) is 0 Å². The summed E-state index contributed by atoms with van der Waals surface area (Å²) in [6, 6.07) is 17.2. The van der Waals surface area contributed by atoms with Crippen LogP contribution in [0.2, 0.25) is 0 Å².